The van der Waals surface area contributed by atoms with Crippen molar-refractivity contribution in [2.45, 2.75) is 51.6 Å². The van der Waals surface area contributed by atoms with Gasteiger partial charge >= 0.3 is 12.1 Å². The highest BCUT2D eigenvalue weighted by atomic mass is 16.5. The van der Waals surface area contributed by atoms with E-state index in [1.165, 1.54) is 6.08 Å². The van der Waals surface area contributed by atoms with Crippen LogP contribution in [0.3, 0.4) is 0 Å². The Bertz CT molecular complexity index is 416. The van der Waals surface area contributed by atoms with Gasteiger partial charge in [-0.2, -0.15) is 0 Å². The molecular weight excluding hydrogens is 276 g/mol. The minimum Gasteiger partial charge on any atom is -0.481 e. The van der Waals surface area contributed by atoms with Gasteiger partial charge in [-0.05, 0) is 27.7 Å². The van der Waals surface area contributed by atoms with Crippen molar-refractivity contribution in [1.82, 2.24) is 10.6 Å². The van der Waals surface area contributed by atoms with Crippen molar-refractivity contribution in [2.24, 2.45) is 0 Å². The van der Waals surface area contributed by atoms with E-state index in [0.717, 1.165) is 0 Å². The maximum atomic E-state index is 11.9. The lowest BCUT2D eigenvalue weighted by Crippen LogP contribution is -2.51. The molecule has 0 aliphatic carbocycles. The molecule has 21 heavy (non-hydrogen) atoms. The Kier molecular flexibility index (Phi) is 6.91. The number of ether oxygens (including phenoxy) is 1. The highest BCUT2D eigenvalue weighted by Gasteiger charge is 2.29. The van der Waals surface area contributed by atoms with Crippen LogP contribution in [0.25, 0.3) is 0 Å². The number of carboxylic acids is 1. The Balaban J connectivity index is 4.44. The molecule has 0 aromatic carbocycles. The molecule has 0 unspecified atom stereocenters. The molecule has 0 rings (SSSR count). The van der Waals surface area contributed by atoms with Gasteiger partial charge in [-0.25, -0.2) is 4.79 Å². The van der Waals surface area contributed by atoms with Gasteiger partial charge in [0, 0.05) is 17.5 Å². The SMILES string of the molecule is C=CCOC(=O)NC(C)(C)CC(=O)NC(C)(C)CC(=O)O. The van der Waals surface area contributed by atoms with E-state index in [-0.39, 0.29) is 25.4 Å². The second-order valence-electron chi connectivity index (χ2n) is 6.08. The Hall–Kier alpha value is -2.05. The first-order valence-electron chi connectivity index (χ1n) is 6.56. The molecule has 7 nitrogen and oxygen atoms in total. The van der Waals surface area contributed by atoms with Crippen molar-refractivity contribution in [3.05, 3.63) is 12.7 Å². The molecule has 0 spiro atoms. The van der Waals surface area contributed by atoms with Crippen LogP contribution in [0, 0.1) is 0 Å². The summed E-state index contributed by atoms with van der Waals surface area (Å²) in [5, 5.41) is 14.0. The van der Waals surface area contributed by atoms with Gasteiger partial charge in [0.25, 0.3) is 0 Å². The zero-order valence-corrected chi connectivity index (χ0v) is 13.0. The molecule has 0 bridgehead atoms. The van der Waals surface area contributed by atoms with Gasteiger partial charge in [0.15, 0.2) is 0 Å². The van der Waals surface area contributed by atoms with Crippen molar-refractivity contribution in [3.8, 4) is 0 Å². The summed E-state index contributed by atoms with van der Waals surface area (Å²) >= 11 is 0. The average Bonchev–Trinajstić information content (AvgIpc) is 2.21. The number of hydrogen-bond donors (Lipinski definition) is 3. The number of alkyl carbamates (subject to hydrolysis) is 1. The number of hydrogen-bond acceptors (Lipinski definition) is 4. The van der Waals surface area contributed by atoms with Crippen LogP contribution in [-0.2, 0) is 14.3 Å². The molecular formula is C14H24N2O5. The highest BCUT2D eigenvalue weighted by Crippen LogP contribution is 2.13. The Labute approximate surface area is 124 Å². The van der Waals surface area contributed by atoms with Crippen molar-refractivity contribution in [2.75, 3.05) is 6.61 Å². The lowest BCUT2D eigenvalue weighted by Gasteiger charge is -2.29. The van der Waals surface area contributed by atoms with E-state index in [1.54, 1.807) is 27.7 Å². The van der Waals surface area contributed by atoms with Crippen LogP contribution in [0.2, 0.25) is 0 Å². The molecule has 2 amide bonds. The van der Waals surface area contributed by atoms with E-state index >= 15 is 0 Å². The highest BCUT2D eigenvalue weighted by molar-refractivity contribution is 5.80. The third-order valence-electron chi connectivity index (χ3n) is 2.45. The number of carbonyl (C=O) groups excluding carboxylic acids is 2. The van der Waals surface area contributed by atoms with Crippen LogP contribution < -0.4 is 10.6 Å². The summed E-state index contributed by atoms with van der Waals surface area (Å²) < 4.78 is 4.78. The smallest absolute Gasteiger partial charge is 0.407 e. The molecule has 0 heterocycles. The summed E-state index contributed by atoms with van der Waals surface area (Å²) in [7, 11) is 0. The fraction of sp³-hybridized carbons (Fsp3) is 0.643. The van der Waals surface area contributed by atoms with Crippen LogP contribution in [0.1, 0.15) is 40.5 Å². The van der Waals surface area contributed by atoms with Gasteiger partial charge in [0.2, 0.25) is 5.91 Å². The predicted molar refractivity (Wildman–Crippen MR) is 77.9 cm³/mol. The molecule has 7 heteroatoms. The summed E-state index contributed by atoms with van der Waals surface area (Å²) in [5.41, 5.74) is -1.68. The fourth-order valence-corrected chi connectivity index (χ4v) is 1.74. The van der Waals surface area contributed by atoms with Gasteiger partial charge in [-0.3, -0.25) is 9.59 Å². The number of rotatable bonds is 8. The standard InChI is InChI=1S/C14H24N2O5/c1-6-7-21-12(20)16-13(2,3)8-10(17)15-14(4,5)9-11(18)19/h6H,1,7-9H2,2-5H3,(H,15,17)(H,16,20)(H,18,19). The molecule has 0 aliphatic rings. The Morgan fingerprint density at radius 3 is 2.10 bits per heavy atom. The second kappa shape index (κ2) is 7.66. The van der Waals surface area contributed by atoms with Gasteiger partial charge in [-0.15, -0.1) is 0 Å². The summed E-state index contributed by atoms with van der Waals surface area (Å²) in [4.78, 5) is 34.1. The monoisotopic (exact) mass is 300 g/mol. The zero-order chi connectivity index (χ0) is 16.7. The number of aliphatic carboxylic acids is 1. The maximum Gasteiger partial charge on any atom is 0.407 e. The first kappa shape index (κ1) is 18.9. The van der Waals surface area contributed by atoms with E-state index < -0.39 is 23.1 Å². The Morgan fingerprint density at radius 1 is 1.10 bits per heavy atom. The van der Waals surface area contributed by atoms with Crippen LogP contribution in [-0.4, -0.2) is 40.8 Å². The summed E-state index contributed by atoms with van der Waals surface area (Å²) in [6, 6.07) is 0. The summed E-state index contributed by atoms with van der Waals surface area (Å²) in [6.45, 7) is 10.1. The molecule has 0 fully saturated rings. The van der Waals surface area contributed by atoms with E-state index in [4.69, 9.17) is 9.84 Å². The number of carboxylic acid groups (broad SMARTS) is 1. The lowest BCUT2D eigenvalue weighted by atomic mass is 9.97. The number of carbonyl (C=O) groups is 3. The molecule has 0 saturated carbocycles. The van der Waals surface area contributed by atoms with E-state index in [9.17, 15) is 14.4 Å². The molecule has 0 radical (unpaired) electrons. The van der Waals surface area contributed by atoms with E-state index in [1.807, 2.05) is 0 Å². The van der Waals surface area contributed by atoms with Crippen molar-refractivity contribution in [3.63, 3.8) is 0 Å². The normalized spacial score (nSPS) is 11.4. The van der Waals surface area contributed by atoms with Gasteiger partial charge < -0.3 is 20.5 Å². The third-order valence-corrected chi connectivity index (χ3v) is 2.45. The minimum absolute atomic E-state index is 0.000756. The van der Waals surface area contributed by atoms with Crippen LogP contribution in [0.4, 0.5) is 4.79 Å². The molecule has 3 N–H and O–H groups in total. The quantitative estimate of drug-likeness (QED) is 0.588. The second-order valence-corrected chi connectivity index (χ2v) is 6.08. The maximum absolute atomic E-state index is 11.9. The predicted octanol–water partition coefficient (Wildman–Crippen LogP) is 1.44. The summed E-state index contributed by atoms with van der Waals surface area (Å²) in [5.74, 6) is -1.35. The van der Waals surface area contributed by atoms with Crippen LogP contribution >= 0.6 is 0 Å². The molecule has 0 atom stereocenters. The largest absolute Gasteiger partial charge is 0.481 e. The van der Waals surface area contributed by atoms with Crippen molar-refractivity contribution in [1.29, 1.82) is 0 Å². The zero-order valence-electron chi connectivity index (χ0n) is 13.0. The van der Waals surface area contributed by atoms with Crippen molar-refractivity contribution < 1.29 is 24.2 Å². The number of amides is 2. The molecule has 0 aromatic rings. The first-order valence-corrected chi connectivity index (χ1v) is 6.56. The van der Waals surface area contributed by atoms with Gasteiger partial charge in [0.1, 0.15) is 6.61 Å². The lowest BCUT2D eigenvalue weighted by molar-refractivity contribution is -0.138. The van der Waals surface area contributed by atoms with Crippen LogP contribution in [0.15, 0.2) is 12.7 Å². The first-order chi connectivity index (χ1) is 9.47. The molecule has 0 saturated heterocycles. The van der Waals surface area contributed by atoms with Gasteiger partial charge in [0.05, 0.1) is 6.42 Å². The van der Waals surface area contributed by atoms with Gasteiger partial charge in [-0.1, -0.05) is 12.7 Å². The van der Waals surface area contributed by atoms with E-state index in [0.29, 0.717) is 0 Å². The molecule has 120 valence electrons. The molecule has 0 aliphatic heterocycles. The minimum atomic E-state index is -0.995. The van der Waals surface area contributed by atoms with E-state index in [2.05, 4.69) is 17.2 Å². The fourth-order valence-electron chi connectivity index (χ4n) is 1.74. The number of nitrogens with one attached hydrogen (secondary N) is 2. The Morgan fingerprint density at radius 2 is 1.62 bits per heavy atom. The third kappa shape index (κ3) is 9.48. The van der Waals surface area contributed by atoms with Crippen LogP contribution in [0.5, 0.6) is 0 Å². The summed E-state index contributed by atoms with van der Waals surface area (Å²) in [6.07, 6.45) is 0.610. The van der Waals surface area contributed by atoms with Crippen molar-refractivity contribution >= 4 is 18.0 Å². The topological polar surface area (TPSA) is 105 Å². The average molecular weight is 300 g/mol. The molecule has 0 aromatic heterocycles.